The Balaban J connectivity index is 1.82. The van der Waals surface area contributed by atoms with Crippen molar-refractivity contribution in [2.45, 2.75) is 57.7 Å². The molecule has 2 bridgehead atoms. The van der Waals surface area contributed by atoms with Gasteiger partial charge >= 0.3 is 6.09 Å². The maximum atomic E-state index is 12.6. The Hall–Kier alpha value is -2.51. The number of pyridine rings is 1. The molecule has 1 aromatic rings. The van der Waals surface area contributed by atoms with E-state index >= 15 is 0 Å². The number of carbonyl (C=O) groups excluding carboxylic acids is 2. The zero-order valence-corrected chi connectivity index (χ0v) is 14.6. The third kappa shape index (κ3) is 3.62. The van der Waals surface area contributed by atoms with Crippen LogP contribution in [0.1, 0.15) is 40.0 Å². The zero-order chi connectivity index (χ0) is 18.2. The van der Waals surface area contributed by atoms with Crippen LogP contribution in [-0.2, 0) is 9.53 Å². The lowest BCUT2D eigenvalue weighted by atomic mass is 10.1. The molecule has 2 unspecified atom stereocenters. The van der Waals surface area contributed by atoms with Crippen molar-refractivity contribution >= 4 is 23.5 Å². The summed E-state index contributed by atoms with van der Waals surface area (Å²) in [7, 11) is 0. The summed E-state index contributed by atoms with van der Waals surface area (Å²) in [6.07, 6.45) is 2.98. The van der Waals surface area contributed by atoms with Gasteiger partial charge in [-0.3, -0.25) is 9.69 Å². The Morgan fingerprint density at radius 3 is 2.60 bits per heavy atom. The second kappa shape index (κ2) is 6.42. The lowest BCUT2D eigenvalue weighted by Gasteiger charge is -2.31. The smallest absolute Gasteiger partial charge is 0.410 e. The van der Waals surface area contributed by atoms with E-state index in [4.69, 9.17) is 4.74 Å². The third-order valence-corrected chi connectivity index (χ3v) is 4.47. The van der Waals surface area contributed by atoms with E-state index < -0.39 is 5.60 Å². The predicted octanol–water partition coefficient (Wildman–Crippen LogP) is 2.98. The van der Waals surface area contributed by atoms with E-state index in [1.165, 1.54) is 12.3 Å². The molecule has 0 saturated carbocycles. The number of fused-ring (bicyclic) bond motifs is 2. The number of amides is 2. The minimum Gasteiger partial charge on any atom is -0.444 e. The molecule has 2 atom stereocenters. The van der Waals surface area contributed by atoms with E-state index in [2.05, 4.69) is 10.2 Å². The summed E-state index contributed by atoms with van der Waals surface area (Å²) in [5.74, 6) is 0.0114. The molecular weight excluding hydrogens is 324 g/mol. The molecule has 0 spiro atoms. The van der Waals surface area contributed by atoms with Gasteiger partial charge in [0.1, 0.15) is 5.60 Å². The molecule has 134 valence electrons. The molecule has 3 rings (SSSR count). The van der Waals surface area contributed by atoms with Crippen molar-refractivity contribution in [3.63, 3.8) is 0 Å². The second-order valence-corrected chi connectivity index (χ2v) is 7.45. The van der Waals surface area contributed by atoms with Crippen LogP contribution < -0.4 is 4.90 Å². The fourth-order valence-electron chi connectivity index (χ4n) is 3.42. The van der Waals surface area contributed by atoms with Gasteiger partial charge in [0, 0.05) is 19.0 Å². The normalized spacial score (nSPS) is 23.4. The average Bonchev–Trinajstić information content (AvgIpc) is 2.86. The van der Waals surface area contributed by atoms with Crippen molar-refractivity contribution in [3.05, 3.63) is 23.2 Å². The van der Waals surface area contributed by atoms with Gasteiger partial charge in [0.25, 0.3) is 0 Å². The molecule has 0 radical (unpaired) electrons. The summed E-state index contributed by atoms with van der Waals surface area (Å²) in [6, 6.07) is 2.90. The first-order valence-corrected chi connectivity index (χ1v) is 8.39. The number of aromatic nitrogens is 1. The summed E-state index contributed by atoms with van der Waals surface area (Å²) in [4.78, 5) is 43.0. The standard InChI is InChI=1S/C17H22N4O4/c1-17(2,3)25-16(23)21-11-4-5-13(21)10-20(15(22)8-11)12-6-7-14(19-24)18-9-12/h6-7,9,11,13H,4-5,8,10H2,1-3H3. The van der Waals surface area contributed by atoms with Crippen LogP contribution in [0.25, 0.3) is 0 Å². The highest BCUT2D eigenvalue weighted by Gasteiger charge is 2.44. The first kappa shape index (κ1) is 17.3. The number of rotatable bonds is 2. The Bertz CT molecular complexity index is 683. The summed E-state index contributed by atoms with van der Waals surface area (Å²) < 4.78 is 5.52. The molecule has 2 fully saturated rings. The first-order valence-electron chi connectivity index (χ1n) is 8.39. The van der Waals surface area contributed by atoms with Crippen molar-refractivity contribution < 1.29 is 14.3 Å². The molecule has 2 aliphatic heterocycles. The second-order valence-electron chi connectivity index (χ2n) is 7.45. The van der Waals surface area contributed by atoms with Gasteiger partial charge in [0.15, 0.2) is 5.82 Å². The summed E-state index contributed by atoms with van der Waals surface area (Å²) in [5.41, 5.74) is 0.0303. The summed E-state index contributed by atoms with van der Waals surface area (Å²) >= 11 is 0. The van der Waals surface area contributed by atoms with Crippen LogP contribution in [0.15, 0.2) is 23.5 Å². The van der Waals surface area contributed by atoms with Crippen molar-refractivity contribution in [2.75, 3.05) is 11.4 Å². The molecule has 3 heterocycles. The predicted molar refractivity (Wildman–Crippen MR) is 91.5 cm³/mol. The number of hydrogen-bond acceptors (Lipinski definition) is 6. The van der Waals surface area contributed by atoms with Crippen LogP contribution in [0, 0.1) is 4.91 Å². The van der Waals surface area contributed by atoms with Crippen molar-refractivity contribution in [3.8, 4) is 0 Å². The fraction of sp³-hybridized carbons (Fsp3) is 0.588. The summed E-state index contributed by atoms with van der Waals surface area (Å²) in [5, 5.41) is 2.77. The highest BCUT2D eigenvalue weighted by Crippen LogP contribution is 2.34. The largest absolute Gasteiger partial charge is 0.444 e. The number of nitrogens with zero attached hydrogens (tertiary/aromatic N) is 4. The molecule has 0 aromatic carbocycles. The molecule has 0 aliphatic carbocycles. The average molecular weight is 346 g/mol. The molecule has 2 saturated heterocycles. The molecule has 25 heavy (non-hydrogen) atoms. The topological polar surface area (TPSA) is 92.2 Å². The van der Waals surface area contributed by atoms with Crippen molar-refractivity contribution in [1.82, 2.24) is 9.88 Å². The lowest BCUT2D eigenvalue weighted by Crippen LogP contribution is -2.45. The van der Waals surface area contributed by atoms with Crippen LogP contribution in [0.3, 0.4) is 0 Å². The van der Waals surface area contributed by atoms with E-state index in [1.54, 1.807) is 15.9 Å². The zero-order valence-electron chi connectivity index (χ0n) is 14.6. The molecule has 8 nitrogen and oxygen atoms in total. The highest BCUT2D eigenvalue weighted by atomic mass is 16.6. The number of hydrogen-bond donors (Lipinski definition) is 0. The SMILES string of the molecule is CC(C)(C)OC(=O)N1C2CCC1CN(c1ccc(N=O)nc1)C(=O)C2. The lowest BCUT2D eigenvalue weighted by molar-refractivity contribution is -0.119. The first-order chi connectivity index (χ1) is 11.8. The Morgan fingerprint density at radius 1 is 1.28 bits per heavy atom. The van der Waals surface area contributed by atoms with E-state index in [-0.39, 0.29) is 36.3 Å². The molecule has 0 N–H and O–H groups in total. The molecule has 2 amide bonds. The van der Waals surface area contributed by atoms with E-state index in [0.29, 0.717) is 12.2 Å². The molecule has 8 heteroatoms. The number of nitroso groups, excluding NO2 is 1. The maximum absolute atomic E-state index is 12.6. The van der Waals surface area contributed by atoms with E-state index in [0.717, 1.165) is 12.8 Å². The highest BCUT2D eigenvalue weighted by molar-refractivity contribution is 5.94. The van der Waals surface area contributed by atoms with Crippen LogP contribution in [0.4, 0.5) is 16.3 Å². The number of anilines is 1. The van der Waals surface area contributed by atoms with Gasteiger partial charge in [0.2, 0.25) is 5.91 Å². The number of carbonyl (C=O) groups is 2. The number of ether oxygens (including phenoxy) is 1. The Kier molecular flexibility index (Phi) is 4.45. The Labute approximate surface area is 146 Å². The third-order valence-electron chi connectivity index (χ3n) is 4.47. The van der Waals surface area contributed by atoms with Crippen LogP contribution >= 0.6 is 0 Å². The van der Waals surface area contributed by atoms with Gasteiger partial charge in [-0.15, -0.1) is 4.91 Å². The van der Waals surface area contributed by atoms with Gasteiger partial charge in [-0.1, -0.05) is 0 Å². The fourth-order valence-corrected chi connectivity index (χ4v) is 3.42. The van der Waals surface area contributed by atoms with Gasteiger partial charge in [0.05, 0.1) is 17.9 Å². The maximum Gasteiger partial charge on any atom is 0.410 e. The quantitative estimate of drug-likeness (QED) is 0.768. The molecule has 2 aliphatic rings. The minimum atomic E-state index is -0.575. The van der Waals surface area contributed by atoms with Gasteiger partial charge in [-0.2, -0.15) is 0 Å². The van der Waals surface area contributed by atoms with Crippen LogP contribution in [0.2, 0.25) is 0 Å². The molecular formula is C17H22N4O4. The summed E-state index contributed by atoms with van der Waals surface area (Å²) in [6.45, 7) is 5.88. The van der Waals surface area contributed by atoms with Crippen LogP contribution in [-0.4, -0.2) is 46.1 Å². The van der Waals surface area contributed by atoms with Crippen molar-refractivity contribution in [2.24, 2.45) is 5.18 Å². The van der Waals surface area contributed by atoms with Crippen LogP contribution in [0.5, 0.6) is 0 Å². The van der Waals surface area contributed by atoms with Gasteiger partial charge in [-0.25, -0.2) is 9.78 Å². The van der Waals surface area contributed by atoms with E-state index in [9.17, 15) is 14.5 Å². The monoisotopic (exact) mass is 346 g/mol. The Morgan fingerprint density at radius 2 is 2.00 bits per heavy atom. The van der Waals surface area contributed by atoms with Gasteiger partial charge in [-0.05, 0) is 50.9 Å². The van der Waals surface area contributed by atoms with E-state index in [1.807, 2.05) is 20.8 Å². The van der Waals surface area contributed by atoms with Gasteiger partial charge < -0.3 is 9.64 Å². The molecule has 1 aromatic heterocycles. The minimum absolute atomic E-state index is 0.0608. The van der Waals surface area contributed by atoms with Crippen molar-refractivity contribution in [1.29, 1.82) is 0 Å².